The Balaban J connectivity index is 1.88. The van der Waals surface area contributed by atoms with Crippen LogP contribution in [-0.2, 0) is 19.1 Å². The van der Waals surface area contributed by atoms with Crippen molar-refractivity contribution >= 4 is 17.9 Å². The number of alkyl carbamates (subject to hydrolysis) is 1. The third kappa shape index (κ3) is 6.87. The van der Waals surface area contributed by atoms with E-state index in [0.29, 0.717) is 46.0 Å². The molecule has 0 aromatic heterocycles. The number of carbonyl (C=O) groups excluding carboxylic acids is 3. The maximum absolute atomic E-state index is 11.2. The van der Waals surface area contributed by atoms with Crippen molar-refractivity contribution in [3.8, 4) is 0 Å². The lowest BCUT2D eigenvalue weighted by atomic mass is 10.4. The van der Waals surface area contributed by atoms with E-state index < -0.39 is 6.09 Å². The molecule has 118 valence electrons. The van der Waals surface area contributed by atoms with Crippen LogP contribution < -0.4 is 10.6 Å². The van der Waals surface area contributed by atoms with Gasteiger partial charge in [0.2, 0.25) is 0 Å². The molecule has 2 N–H and O–H groups in total. The highest BCUT2D eigenvalue weighted by molar-refractivity contribution is 6.12. The molecular weight excluding hydrogens is 278 g/mol. The van der Waals surface area contributed by atoms with Gasteiger partial charge in [-0.25, -0.2) is 4.79 Å². The van der Waals surface area contributed by atoms with Crippen molar-refractivity contribution in [3.63, 3.8) is 0 Å². The van der Waals surface area contributed by atoms with Crippen molar-refractivity contribution in [1.82, 2.24) is 15.5 Å². The van der Waals surface area contributed by atoms with Gasteiger partial charge in [-0.3, -0.25) is 19.8 Å². The minimum Gasteiger partial charge on any atom is -0.450 e. The summed E-state index contributed by atoms with van der Waals surface area (Å²) in [5, 5.41) is 5.54. The van der Waals surface area contributed by atoms with Gasteiger partial charge in [-0.1, -0.05) is 0 Å². The number of hydrogen-bond donors (Lipinski definition) is 2. The summed E-state index contributed by atoms with van der Waals surface area (Å²) in [7, 11) is 0. The number of hydrogen-bond acceptors (Lipinski definition) is 6. The minimum atomic E-state index is -0.436. The first-order chi connectivity index (χ1) is 10.1. The van der Waals surface area contributed by atoms with Gasteiger partial charge in [0.25, 0.3) is 11.8 Å². The first kappa shape index (κ1) is 17.1. The average molecular weight is 299 g/mol. The van der Waals surface area contributed by atoms with E-state index >= 15 is 0 Å². The summed E-state index contributed by atoms with van der Waals surface area (Å²) in [4.78, 5) is 34.6. The van der Waals surface area contributed by atoms with Crippen molar-refractivity contribution in [2.24, 2.45) is 0 Å². The Kier molecular flexibility index (Phi) is 8.07. The van der Waals surface area contributed by atoms with Crippen LogP contribution >= 0.6 is 0 Å². The number of nitrogens with zero attached hydrogens (tertiary/aromatic N) is 1. The number of nitrogens with one attached hydrogen (secondary N) is 2. The fraction of sp³-hybridized carbons (Fsp3) is 0.615. The Morgan fingerprint density at radius 1 is 1.24 bits per heavy atom. The molecule has 1 rings (SSSR count). The standard InChI is InChI=1S/C13H21N3O5/c1-2-21-13(19)15-7-6-14-10-20-9-3-8-16-11(17)4-5-12(16)18/h4-5,14H,2-3,6-10H2,1H3,(H,15,19). The molecule has 1 heterocycles. The van der Waals surface area contributed by atoms with Crippen LogP contribution in [0.2, 0.25) is 0 Å². The molecule has 8 heteroatoms. The molecule has 3 amide bonds. The molecular formula is C13H21N3O5. The molecule has 0 spiro atoms. The van der Waals surface area contributed by atoms with Crippen LogP contribution in [0, 0.1) is 0 Å². The lowest BCUT2D eigenvalue weighted by Crippen LogP contribution is -2.33. The summed E-state index contributed by atoms with van der Waals surface area (Å²) >= 11 is 0. The van der Waals surface area contributed by atoms with Crippen LogP contribution in [0.15, 0.2) is 12.2 Å². The Labute approximate surface area is 123 Å². The first-order valence-electron chi connectivity index (χ1n) is 6.87. The van der Waals surface area contributed by atoms with E-state index in [2.05, 4.69) is 10.6 Å². The zero-order valence-corrected chi connectivity index (χ0v) is 12.1. The highest BCUT2D eigenvalue weighted by atomic mass is 16.5. The summed E-state index contributed by atoms with van der Waals surface area (Å²) in [6, 6.07) is 0. The molecule has 21 heavy (non-hydrogen) atoms. The topological polar surface area (TPSA) is 97.0 Å². The van der Waals surface area contributed by atoms with E-state index in [1.807, 2.05) is 0 Å². The lowest BCUT2D eigenvalue weighted by Gasteiger charge is -2.13. The lowest BCUT2D eigenvalue weighted by molar-refractivity contribution is -0.136. The van der Waals surface area contributed by atoms with Gasteiger partial charge in [-0.2, -0.15) is 0 Å². The SMILES string of the molecule is CCOC(=O)NCCNCOCCCN1C(=O)C=CC1=O. The van der Waals surface area contributed by atoms with E-state index in [1.165, 1.54) is 17.1 Å². The van der Waals surface area contributed by atoms with Crippen LogP contribution in [0.5, 0.6) is 0 Å². The van der Waals surface area contributed by atoms with Crippen LogP contribution in [0.25, 0.3) is 0 Å². The number of rotatable bonds is 10. The highest BCUT2D eigenvalue weighted by Gasteiger charge is 2.22. The highest BCUT2D eigenvalue weighted by Crippen LogP contribution is 2.03. The molecule has 8 nitrogen and oxygen atoms in total. The Hall–Kier alpha value is -1.93. The predicted molar refractivity (Wildman–Crippen MR) is 74.3 cm³/mol. The van der Waals surface area contributed by atoms with E-state index in [0.717, 1.165) is 0 Å². The van der Waals surface area contributed by atoms with Crippen molar-refractivity contribution < 1.29 is 23.9 Å². The zero-order valence-electron chi connectivity index (χ0n) is 12.1. The molecule has 0 unspecified atom stereocenters. The van der Waals surface area contributed by atoms with Crippen LogP contribution in [0.1, 0.15) is 13.3 Å². The van der Waals surface area contributed by atoms with Gasteiger partial charge in [0.1, 0.15) is 0 Å². The Bertz CT molecular complexity index is 379. The van der Waals surface area contributed by atoms with Crippen molar-refractivity contribution in [3.05, 3.63) is 12.2 Å². The number of amides is 3. The van der Waals surface area contributed by atoms with E-state index in [4.69, 9.17) is 9.47 Å². The normalized spacial score (nSPS) is 13.9. The van der Waals surface area contributed by atoms with Crippen molar-refractivity contribution in [2.45, 2.75) is 13.3 Å². The molecule has 0 radical (unpaired) electrons. The zero-order chi connectivity index (χ0) is 15.5. The predicted octanol–water partition coefficient (Wildman–Crippen LogP) is -0.389. The van der Waals surface area contributed by atoms with Crippen molar-refractivity contribution in [2.75, 3.05) is 39.6 Å². The number of ether oxygens (including phenoxy) is 2. The van der Waals surface area contributed by atoms with Gasteiger partial charge in [-0.05, 0) is 13.3 Å². The number of imide groups is 1. The summed E-state index contributed by atoms with van der Waals surface area (Å²) in [5.41, 5.74) is 0. The monoisotopic (exact) mass is 299 g/mol. The summed E-state index contributed by atoms with van der Waals surface area (Å²) < 4.78 is 9.99. The molecule has 0 saturated carbocycles. The second-order valence-corrected chi connectivity index (χ2v) is 4.21. The van der Waals surface area contributed by atoms with E-state index in [9.17, 15) is 14.4 Å². The largest absolute Gasteiger partial charge is 0.450 e. The molecule has 0 fully saturated rings. The minimum absolute atomic E-state index is 0.275. The molecule has 1 aliphatic rings. The first-order valence-corrected chi connectivity index (χ1v) is 6.87. The molecule has 0 atom stereocenters. The van der Waals surface area contributed by atoms with Gasteiger partial charge < -0.3 is 14.8 Å². The average Bonchev–Trinajstić information content (AvgIpc) is 2.77. The number of carbonyl (C=O) groups is 3. The van der Waals surface area contributed by atoms with Gasteiger partial charge in [-0.15, -0.1) is 0 Å². The molecule has 1 aliphatic heterocycles. The molecule has 0 aliphatic carbocycles. The maximum atomic E-state index is 11.2. The second-order valence-electron chi connectivity index (χ2n) is 4.21. The Morgan fingerprint density at radius 3 is 2.62 bits per heavy atom. The van der Waals surface area contributed by atoms with Crippen LogP contribution in [-0.4, -0.2) is 62.4 Å². The quantitative estimate of drug-likeness (QED) is 0.324. The van der Waals surface area contributed by atoms with Gasteiger partial charge >= 0.3 is 6.09 Å². The maximum Gasteiger partial charge on any atom is 0.407 e. The molecule has 0 aromatic carbocycles. The fourth-order valence-electron chi connectivity index (χ4n) is 1.63. The van der Waals surface area contributed by atoms with Crippen LogP contribution in [0.4, 0.5) is 4.79 Å². The molecule has 0 aromatic rings. The summed E-state index contributed by atoms with van der Waals surface area (Å²) in [6.07, 6.45) is 2.68. The van der Waals surface area contributed by atoms with Gasteiger partial charge in [0, 0.05) is 31.8 Å². The van der Waals surface area contributed by atoms with Gasteiger partial charge in [0.05, 0.1) is 19.9 Å². The van der Waals surface area contributed by atoms with E-state index in [-0.39, 0.29) is 11.8 Å². The second kappa shape index (κ2) is 9.89. The molecule has 0 bridgehead atoms. The third-order valence-electron chi connectivity index (χ3n) is 2.62. The molecule has 0 saturated heterocycles. The van der Waals surface area contributed by atoms with Crippen LogP contribution in [0.3, 0.4) is 0 Å². The van der Waals surface area contributed by atoms with Crippen molar-refractivity contribution in [1.29, 1.82) is 0 Å². The fourth-order valence-corrected chi connectivity index (χ4v) is 1.63. The summed E-state index contributed by atoms with van der Waals surface area (Å²) in [5.74, 6) is -0.550. The van der Waals surface area contributed by atoms with E-state index in [1.54, 1.807) is 6.92 Å². The third-order valence-corrected chi connectivity index (χ3v) is 2.62. The van der Waals surface area contributed by atoms with Gasteiger partial charge in [0.15, 0.2) is 0 Å². The summed E-state index contributed by atoms with van der Waals surface area (Å²) in [6.45, 7) is 4.23. The Morgan fingerprint density at radius 2 is 1.95 bits per heavy atom. The smallest absolute Gasteiger partial charge is 0.407 e.